The second kappa shape index (κ2) is 12.1. The average Bonchev–Trinajstić information content (AvgIpc) is 2.26. The van der Waals surface area contributed by atoms with Crippen LogP contribution < -0.4 is 9.32 Å². The number of carbonyl (C=O) groups is 1. The standard InChI is InChI=1S/C12H23ClO4/c1-2-3-4-5-6-7-8-9-10-11-12(14)17-13(15)16/h2-11H2,1H3. The van der Waals surface area contributed by atoms with E-state index >= 15 is 0 Å². The van der Waals surface area contributed by atoms with E-state index in [0.717, 1.165) is 12.8 Å². The minimum atomic E-state index is -2.39. The predicted molar refractivity (Wildman–Crippen MR) is 57.9 cm³/mol. The van der Waals surface area contributed by atoms with Gasteiger partial charge in [-0.25, -0.2) is 4.79 Å². The van der Waals surface area contributed by atoms with E-state index in [0.29, 0.717) is 6.42 Å². The summed E-state index contributed by atoms with van der Waals surface area (Å²) in [4.78, 5) is 10.8. The van der Waals surface area contributed by atoms with E-state index in [4.69, 9.17) is 0 Å². The van der Waals surface area contributed by atoms with Gasteiger partial charge >= 0.3 is 16.8 Å². The summed E-state index contributed by atoms with van der Waals surface area (Å²) < 4.78 is 23.9. The van der Waals surface area contributed by atoms with Crippen molar-refractivity contribution in [3.63, 3.8) is 0 Å². The van der Waals surface area contributed by atoms with E-state index < -0.39 is 16.8 Å². The third kappa shape index (κ3) is 13.6. The molecule has 0 atom stereocenters. The van der Waals surface area contributed by atoms with Crippen LogP contribution in [0.4, 0.5) is 0 Å². The summed E-state index contributed by atoms with van der Waals surface area (Å²) in [5.74, 6) is -0.668. The van der Waals surface area contributed by atoms with Gasteiger partial charge in [0.1, 0.15) is 0 Å². The molecule has 0 unspecified atom stereocenters. The smallest absolute Gasteiger partial charge is 0.307 e. The zero-order valence-corrected chi connectivity index (χ0v) is 11.3. The molecule has 0 N–H and O–H groups in total. The second-order valence-corrected chi connectivity index (χ2v) is 4.75. The number of halogens is 1. The Morgan fingerprint density at radius 1 is 0.941 bits per heavy atom. The normalized spacial score (nSPS) is 10.8. The summed E-state index contributed by atoms with van der Waals surface area (Å²) in [5.41, 5.74) is 0. The second-order valence-electron chi connectivity index (χ2n) is 4.22. The average molecular weight is 267 g/mol. The van der Waals surface area contributed by atoms with Crippen molar-refractivity contribution in [2.45, 2.75) is 71.1 Å². The van der Waals surface area contributed by atoms with E-state index in [1.807, 2.05) is 0 Å². The van der Waals surface area contributed by atoms with E-state index in [1.165, 1.54) is 38.5 Å². The molecule has 0 spiro atoms. The van der Waals surface area contributed by atoms with E-state index in [2.05, 4.69) is 11.2 Å². The van der Waals surface area contributed by atoms with Crippen LogP contribution in [-0.4, -0.2) is 5.97 Å². The Labute approximate surface area is 107 Å². The highest BCUT2D eigenvalue weighted by molar-refractivity contribution is 5.68. The molecule has 0 rings (SSSR count). The summed E-state index contributed by atoms with van der Waals surface area (Å²) in [6.45, 7) is 2.20. The van der Waals surface area contributed by atoms with Gasteiger partial charge in [0, 0.05) is 0 Å². The first-order chi connectivity index (χ1) is 8.16. The molecular weight excluding hydrogens is 244 g/mol. The molecule has 0 aromatic carbocycles. The maximum Gasteiger partial charge on any atom is 0.421 e. The van der Waals surface area contributed by atoms with Crippen LogP contribution in [0, 0.1) is 10.8 Å². The Balaban J connectivity index is 3.10. The highest BCUT2D eigenvalue weighted by Gasteiger charge is 2.16. The molecule has 102 valence electrons. The van der Waals surface area contributed by atoms with Gasteiger partial charge in [-0.1, -0.05) is 62.6 Å². The van der Waals surface area contributed by atoms with Crippen LogP contribution in [0.2, 0.25) is 0 Å². The first-order valence-electron chi connectivity index (χ1n) is 6.43. The number of hydrogen-bond acceptors (Lipinski definition) is 4. The van der Waals surface area contributed by atoms with Crippen LogP contribution in [0.5, 0.6) is 0 Å². The van der Waals surface area contributed by atoms with Crippen molar-refractivity contribution in [3.05, 3.63) is 0 Å². The van der Waals surface area contributed by atoms with Gasteiger partial charge < -0.3 is 9.32 Å². The van der Waals surface area contributed by atoms with Crippen molar-refractivity contribution < 1.29 is 29.2 Å². The quantitative estimate of drug-likeness (QED) is 0.532. The van der Waals surface area contributed by atoms with Crippen LogP contribution in [0.3, 0.4) is 0 Å². The largest absolute Gasteiger partial charge is 0.421 e. The van der Waals surface area contributed by atoms with Crippen molar-refractivity contribution in [2.75, 3.05) is 0 Å². The zero-order chi connectivity index (χ0) is 12.9. The maximum absolute atomic E-state index is 10.8. The summed E-state index contributed by atoms with van der Waals surface area (Å²) in [5, 5.41) is 0. The van der Waals surface area contributed by atoms with Crippen molar-refractivity contribution in [3.8, 4) is 0 Å². The number of hydrogen-bond donors (Lipinski definition) is 0. The molecule has 0 amide bonds. The Morgan fingerprint density at radius 3 is 1.88 bits per heavy atom. The fourth-order valence-electron chi connectivity index (χ4n) is 1.69. The highest BCUT2D eigenvalue weighted by Crippen LogP contribution is 2.10. The first-order valence-corrected chi connectivity index (χ1v) is 7.36. The van der Waals surface area contributed by atoms with E-state index in [1.54, 1.807) is 0 Å². The maximum atomic E-state index is 10.8. The van der Waals surface area contributed by atoms with Crippen molar-refractivity contribution >= 4 is 5.97 Å². The monoisotopic (exact) mass is 266 g/mol. The van der Waals surface area contributed by atoms with Gasteiger partial charge in [0.05, 0.1) is 6.42 Å². The van der Waals surface area contributed by atoms with Gasteiger partial charge in [-0.05, 0) is 6.42 Å². The predicted octanol–water partition coefficient (Wildman–Crippen LogP) is 1.54. The molecule has 0 aliphatic rings. The van der Waals surface area contributed by atoms with Crippen LogP contribution in [-0.2, 0) is 9.08 Å². The highest BCUT2D eigenvalue weighted by atomic mass is 35.6. The molecule has 0 aliphatic carbocycles. The molecule has 0 saturated carbocycles. The molecular formula is C12H23ClO4. The van der Waals surface area contributed by atoms with Crippen LogP contribution in [0.1, 0.15) is 71.1 Å². The lowest BCUT2D eigenvalue weighted by molar-refractivity contribution is -1.62. The lowest BCUT2D eigenvalue weighted by atomic mass is 10.1. The fraction of sp³-hybridized carbons (Fsp3) is 0.917. The topological polar surface area (TPSA) is 72.4 Å². The van der Waals surface area contributed by atoms with E-state index in [-0.39, 0.29) is 6.42 Å². The van der Waals surface area contributed by atoms with Crippen molar-refractivity contribution in [2.24, 2.45) is 0 Å². The Kier molecular flexibility index (Phi) is 11.9. The molecule has 4 nitrogen and oxygen atoms in total. The minimum Gasteiger partial charge on any atom is -0.307 e. The number of carbonyl (C=O) groups excluding carboxylic acids is 1. The lowest BCUT2D eigenvalue weighted by Gasteiger charge is -2.00. The van der Waals surface area contributed by atoms with Gasteiger partial charge in [-0.3, -0.25) is 0 Å². The summed E-state index contributed by atoms with van der Waals surface area (Å²) in [7, 11) is -2.39. The first kappa shape index (κ1) is 16.7. The molecule has 0 fully saturated rings. The Hall–Kier alpha value is -0.320. The molecule has 17 heavy (non-hydrogen) atoms. The minimum absolute atomic E-state index is 0.189. The molecule has 0 aromatic heterocycles. The van der Waals surface area contributed by atoms with Gasteiger partial charge in [0.2, 0.25) is 0 Å². The van der Waals surface area contributed by atoms with Crippen molar-refractivity contribution in [1.82, 2.24) is 0 Å². The lowest BCUT2D eigenvalue weighted by Crippen LogP contribution is -2.36. The van der Waals surface area contributed by atoms with Crippen LogP contribution >= 0.6 is 0 Å². The molecule has 5 heteroatoms. The van der Waals surface area contributed by atoms with E-state index in [9.17, 15) is 14.1 Å². The summed E-state index contributed by atoms with van der Waals surface area (Å²) >= 11 is 0. The molecule has 0 aromatic rings. The molecule has 0 heterocycles. The summed E-state index contributed by atoms with van der Waals surface area (Å²) in [6, 6.07) is 0. The zero-order valence-electron chi connectivity index (χ0n) is 10.6. The van der Waals surface area contributed by atoms with Gasteiger partial charge in [-0.15, -0.1) is 0 Å². The van der Waals surface area contributed by atoms with Crippen LogP contribution in [0.15, 0.2) is 0 Å². The third-order valence-corrected chi connectivity index (χ3v) is 2.93. The van der Waals surface area contributed by atoms with Gasteiger partial charge in [0.25, 0.3) is 0 Å². The molecule has 0 saturated heterocycles. The number of rotatable bonds is 11. The third-order valence-electron chi connectivity index (χ3n) is 2.63. The molecule has 0 aliphatic heterocycles. The fourth-order valence-corrected chi connectivity index (χ4v) is 1.91. The van der Waals surface area contributed by atoms with Gasteiger partial charge in [-0.2, -0.15) is 0 Å². The van der Waals surface area contributed by atoms with Crippen LogP contribution in [0.25, 0.3) is 0 Å². The Morgan fingerprint density at radius 2 is 1.41 bits per heavy atom. The molecule has 0 bridgehead atoms. The van der Waals surface area contributed by atoms with Gasteiger partial charge in [0.15, 0.2) is 0 Å². The van der Waals surface area contributed by atoms with Crippen molar-refractivity contribution in [1.29, 1.82) is 0 Å². The Bertz CT molecular complexity index is 185. The molecule has 0 radical (unpaired) electrons. The SMILES string of the molecule is CCCCCCCCCCCC(=O)O[Cl+2]([O-])[O-]. The summed E-state index contributed by atoms with van der Waals surface area (Å²) in [6.07, 6.45) is 10.6. The number of unbranched alkanes of at least 4 members (excludes halogenated alkanes) is 8.